The molecule has 2 aromatic rings. The highest BCUT2D eigenvalue weighted by molar-refractivity contribution is 6.10. The zero-order chi connectivity index (χ0) is 18.9. The second kappa shape index (κ2) is 9.14. The van der Waals surface area contributed by atoms with E-state index in [1.807, 2.05) is 19.1 Å². The number of ether oxygens (including phenoxy) is 3. The number of anilines is 1. The Hall–Kier alpha value is -3.46. The van der Waals surface area contributed by atoms with E-state index in [-0.39, 0.29) is 5.57 Å². The Bertz CT molecular complexity index is 853. The molecular weight excluding hydrogens is 332 g/mol. The van der Waals surface area contributed by atoms with Crippen LogP contribution < -0.4 is 19.5 Å². The molecule has 134 valence electrons. The number of nitriles is 1. The first kappa shape index (κ1) is 18.9. The predicted octanol–water partition coefficient (Wildman–Crippen LogP) is 3.65. The van der Waals surface area contributed by atoms with Crippen LogP contribution in [-0.4, -0.2) is 26.7 Å². The van der Waals surface area contributed by atoms with Gasteiger partial charge in [0.05, 0.1) is 26.5 Å². The van der Waals surface area contributed by atoms with Gasteiger partial charge in [-0.3, -0.25) is 4.79 Å². The van der Waals surface area contributed by atoms with Gasteiger partial charge in [-0.25, -0.2) is 0 Å². The molecule has 2 aromatic carbocycles. The van der Waals surface area contributed by atoms with Gasteiger partial charge < -0.3 is 19.5 Å². The average molecular weight is 352 g/mol. The largest absolute Gasteiger partial charge is 0.493 e. The van der Waals surface area contributed by atoms with Crippen molar-refractivity contribution >= 4 is 17.7 Å². The molecule has 1 N–H and O–H groups in total. The molecule has 0 aliphatic carbocycles. The van der Waals surface area contributed by atoms with E-state index in [9.17, 15) is 10.1 Å². The Morgan fingerprint density at radius 2 is 1.85 bits per heavy atom. The minimum atomic E-state index is -0.537. The van der Waals surface area contributed by atoms with Crippen molar-refractivity contribution < 1.29 is 19.0 Å². The van der Waals surface area contributed by atoms with E-state index in [4.69, 9.17) is 14.2 Å². The van der Waals surface area contributed by atoms with Crippen LogP contribution in [-0.2, 0) is 4.79 Å². The number of nitrogens with one attached hydrogen (secondary N) is 1. The van der Waals surface area contributed by atoms with Gasteiger partial charge in [0, 0.05) is 5.56 Å². The number of para-hydroxylation sites is 3. The van der Waals surface area contributed by atoms with Crippen LogP contribution in [0.1, 0.15) is 12.5 Å². The lowest BCUT2D eigenvalue weighted by atomic mass is 10.1. The van der Waals surface area contributed by atoms with E-state index in [1.165, 1.54) is 20.3 Å². The number of methoxy groups -OCH3 is 2. The number of hydrogen-bond donors (Lipinski definition) is 1. The smallest absolute Gasteiger partial charge is 0.266 e. The first-order valence-corrected chi connectivity index (χ1v) is 8.00. The van der Waals surface area contributed by atoms with E-state index in [0.29, 0.717) is 35.1 Å². The van der Waals surface area contributed by atoms with Crippen molar-refractivity contribution in [1.29, 1.82) is 5.26 Å². The van der Waals surface area contributed by atoms with Gasteiger partial charge in [-0.2, -0.15) is 5.26 Å². The Morgan fingerprint density at radius 1 is 1.12 bits per heavy atom. The molecule has 0 atom stereocenters. The van der Waals surface area contributed by atoms with Crippen LogP contribution in [0.2, 0.25) is 0 Å². The molecule has 0 aromatic heterocycles. The summed E-state index contributed by atoms with van der Waals surface area (Å²) in [6, 6.07) is 14.2. The molecule has 0 heterocycles. The lowest BCUT2D eigenvalue weighted by molar-refractivity contribution is -0.112. The quantitative estimate of drug-likeness (QED) is 0.608. The highest BCUT2D eigenvalue weighted by Crippen LogP contribution is 2.32. The first-order valence-electron chi connectivity index (χ1n) is 8.00. The van der Waals surface area contributed by atoms with Crippen molar-refractivity contribution in [3.05, 3.63) is 53.6 Å². The predicted molar refractivity (Wildman–Crippen MR) is 99.4 cm³/mol. The van der Waals surface area contributed by atoms with Crippen LogP contribution in [0.4, 0.5) is 5.69 Å². The van der Waals surface area contributed by atoms with Crippen LogP contribution >= 0.6 is 0 Å². The van der Waals surface area contributed by atoms with Gasteiger partial charge in [0.15, 0.2) is 11.5 Å². The first-order chi connectivity index (χ1) is 12.6. The van der Waals surface area contributed by atoms with E-state index < -0.39 is 5.91 Å². The number of carbonyl (C=O) groups is 1. The van der Waals surface area contributed by atoms with Crippen LogP contribution in [0.3, 0.4) is 0 Å². The molecule has 6 nitrogen and oxygen atoms in total. The summed E-state index contributed by atoms with van der Waals surface area (Å²) in [5, 5.41) is 12.1. The molecule has 1 amide bonds. The van der Waals surface area contributed by atoms with Gasteiger partial charge in [0.25, 0.3) is 5.91 Å². The zero-order valence-corrected chi connectivity index (χ0v) is 14.9. The van der Waals surface area contributed by atoms with Crippen molar-refractivity contribution in [3.63, 3.8) is 0 Å². The van der Waals surface area contributed by atoms with Crippen molar-refractivity contribution in [1.82, 2.24) is 0 Å². The monoisotopic (exact) mass is 352 g/mol. The Labute approximate surface area is 152 Å². The maximum atomic E-state index is 12.5. The van der Waals surface area contributed by atoms with Crippen LogP contribution in [0, 0.1) is 11.3 Å². The standard InChI is InChI=1S/C20H20N2O4/c1-4-26-17-10-6-5-9-16(17)22-20(23)15(13-21)12-14-8-7-11-18(24-2)19(14)25-3/h5-12H,4H2,1-3H3,(H,22,23)/b15-12+. The molecular formula is C20H20N2O4. The summed E-state index contributed by atoms with van der Waals surface area (Å²) < 4.78 is 16.1. The normalized spacial score (nSPS) is 10.6. The number of hydrogen-bond acceptors (Lipinski definition) is 5. The summed E-state index contributed by atoms with van der Waals surface area (Å²) in [6.07, 6.45) is 1.46. The summed E-state index contributed by atoms with van der Waals surface area (Å²) in [4.78, 5) is 12.5. The zero-order valence-electron chi connectivity index (χ0n) is 14.9. The van der Waals surface area contributed by atoms with E-state index in [1.54, 1.807) is 36.4 Å². The van der Waals surface area contributed by atoms with Crippen molar-refractivity contribution in [3.8, 4) is 23.3 Å². The highest BCUT2D eigenvalue weighted by Gasteiger charge is 2.15. The number of rotatable bonds is 7. The third-order valence-corrected chi connectivity index (χ3v) is 3.53. The number of carbonyl (C=O) groups excluding carboxylic acids is 1. The summed E-state index contributed by atoms with van der Waals surface area (Å²) >= 11 is 0. The second-order valence-electron chi connectivity index (χ2n) is 5.14. The van der Waals surface area contributed by atoms with Crippen LogP contribution in [0.25, 0.3) is 6.08 Å². The van der Waals surface area contributed by atoms with Gasteiger partial charge in [-0.05, 0) is 31.2 Å². The number of nitrogens with zero attached hydrogens (tertiary/aromatic N) is 1. The molecule has 2 rings (SSSR count). The Balaban J connectivity index is 2.33. The third-order valence-electron chi connectivity index (χ3n) is 3.53. The Kier molecular flexibility index (Phi) is 6.63. The molecule has 0 spiro atoms. The van der Waals surface area contributed by atoms with Gasteiger partial charge in [0.2, 0.25) is 0 Å². The summed E-state index contributed by atoms with van der Waals surface area (Å²) in [5.41, 5.74) is 0.998. The molecule has 0 saturated carbocycles. The second-order valence-corrected chi connectivity index (χ2v) is 5.14. The lowest BCUT2D eigenvalue weighted by Gasteiger charge is -2.12. The molecule has 0 aliphatic rings. The van der Waals surface area contributed by atoms with Crippen LogP contribution in [0.5, 0.6) is 17.2 Å². The molecule has 0 aliphatic heterocycles. The van der Waals surface area contributed by atoms with E-state index >= 15 is 0 Å². The van der Waals surface area contributed by atoms with Gasteiger partial charge in [0.1, 0.15) is 17.4 Å². The van der Waals surface area contributed by atoms with E-state index in [2.05, 4.69) is 5.32 Å². The van der Waals surface area contributed by atoms with Crippen molar-refractivity contribution in [2.75, 3.05) is 26.1 Å². The molecule has 0 bridgehead atoms. The number of amides is 1. The summed E-state index contributed by atoms with van der Waals surface area (Å²) in [6.45, 7) is 2.32. The fourth-order valence-corrected chi connectivity index (χ4v) is 2.37. The highest BCUT2D eigenvalue weighted by atomic mass is 16.5. The minimum Gasteiger partial charge on any atom is -0.493 e. The maximum absolute atomic E-state index is 12.5. The maximum Gasteiger partial charge on any atom is 0.266 e. The Morgan fingerprint density at radius 3 is 2.50 bits per heavy atom. The molecule has 0 saturated heterocycles. The summed E-state index contributed by atoms with van der Waals surface area (Å²) in [7, 11) is 3.02. The molecule has 26 heavy (non-hydrogen) atoms. The molecule has 0 unspecified atom stereocenters. The minimum absolute atomic E-state index is 0.0668. The van der Waals surface area contributed by atoms with Crippen LogP contribution in [0.15, 0.2) is 48.0 Å². The summed E-state index contributed by atoms with van der Waals surface area (Å²) in [5.74, 6) is 0.968. The molecule has 0 radical (unpaired) electrons. The van der Waals surface area contributed by atoms with Gasteiger partial charge in [-0.15, -0.1) is 0 Å². The average Bonchev–Trinajstić information content (AvgIpc) is 2.67. The molecule has 6 heteroatoms. The van der Waals surface area contributed by atoms with E-state index in [0.717, 1.165) is 0 Å². The van der Waals surface area contributed by atoms with Gasteiger partial charge >= 0.3 is 0 Å². The fourth-order valence-electron chi connectivity index (χ4n) is 2.37. The molecule has 0 fully saturated rings. The van der Waals surface area contributed by atoms with Gasteiger partial charge in [-0.1, -0.05) is 24.3 Å². The number of benzene rings is 2. The van der Waals surface area contributed by atoms with Crippen molar-refractivity contribution in [2.45, 2.75) is 6.92 Å². The lowest BCUT2D eigenvalue weighted by Crippen LogP contribution is -2.14. The van der Waals surface area contributed by atoms with Crippen molar-refractivity contribution in [2.24, 2.45) is 0 Å². The third kappa shape index (κ3) is 4.33. The fraction of sp³-hybridized carbons (Fsp3) is 0.200. The topological polar surface area (TPSA) is 80.6 Å². The SMILES string of the molecule is CCOc1ccccc1NC(=O)/C(C#N)=C/c1cccc(OC)c1OC.